The Morgan fingerprint density at radius 2 is 1.81 bits per heavy atom. The van der Waals surface area contributed by atoms with Crippen molar-refractivity contribution in [1.82, 2.24) is 35.1 Å². The molecule has 0 saturated carbocycles. The Morgan fingerprint density at radius 1 is 1.00 bits per heavy atom. The summed E-state index contributed by atoms with van der Waals surface area (Å²) in [7, 11) is 0. The second kappa shape index (κ2) is 10.1. The number of pyridine rings is 1. The van der Waals surface area contributed by atoms with Crippen molar-refractivity contribution in [3.8, 4) is 22.7 Å². The topological polar surface area (TPSA) is 89.0 Å². The van der Waals surface area contributed by atoms with Crippen LogP contribution in [0.1, 0.15) is 31.9 Å². The SMILES string of the molecule is CC(C)N1CCN(c2cccc(-c3cn(Cc4ncc(-c5nnc(C(F)F)o5)cc4F)nn3)c2)CC1. The van der Waals surface area contributed by atoms with Crippen molar-refractivity contribution in [1.29, 1.82) is 0 Å². The van der Waals surface area contributed by atoms with E-state index in [-0.39, 0.29) is 23.7 Å². The average molecular weight is 499 g/mol. The molecule has 188 valence electrons. The zero-order valence-corrected chi connectivity index (χ0v) is 19.9. The number of piperazine rings is 1. The Bertz CT molecular complexity index is 1330. The first-order chi connectivity index (χ1) is 17.4. The maximum atomic E-state index is 14.7. The van der Waals surface area contributed by atoms with Crippen molar-refractivity contribution in [2.24, 2.45) is 0 Å². The molecule has 1 saturated heterocycles. The number of hydrogen-bond acceptors (Lipinski definition) is 8. The number of nitrogens with zero attached hydrogens (tertiary/aromatic N) is 8. The molecule has 1 aliphatic heterocycles. The fourth-order valence-corrected chi connectivity index (χ4v) is 4.16. The van der Waals surface area contributed by atoms with Gasteiger partial charge in [0.05, 0.1) is 24.0 Å². The molecule has 0 bridgehead atoms. The van der Waals surface area contributed by atoms with Gasteiger partial charge in [-0.15, -0.1) is 15.3 Å². The van der Waals surface area contributed by atoms with Gasteiger partial charge in [-0.25, -0.2) is 9.07 Å². The van der Waals surface area contributed by atoms with Gasteiger partial charge in [0, 0.05) is 49.7 Å². The Labute approximate surface area is 205 Å². The van der Waals surface area contributed by atoms with E-state index in [4.69, 9.17) is 4.42 Å². The number of rotatable bonds is 7. The minimum absolute atomic E-state index is 0.0437. The van der Waals surface area contributed by atoms with E-state index in [1.807, 2.05) is 12.1 Å². The number of aromatic nitrogens is 6. The molecule has 12 heteroatoms. The summed E-state index contributed by atoms with van der Waals surface area (Å²) >= 11 is 0. The largest absolute Gasteiger partial charge is 0.415 e. The third kappa shape index (κ3) is 5.08. The van der Waals surface area contributed by atoms with Crippen LogP contribution < -0.4 is 4.90 Å². The summed E-state index contributed by atoms with van der Waals surface area (Å²) in [5.74, 6) is -1.70. The number of halogens is 3. The van der Waals surface area contributed by atoms with Crippen LogP contribution in [0.15, 0.2) is 47.1 Å². The first-order valence-electron chi connectivity index (χ1n) is 11.6. The highest BCUT2D eigenvalue weighted by Crippen LogP contribution is 2.26. The van der Waals surface area contributed by atoms with E-state index in [2.05, 4.69) is 61.3 Å². The summed E-state index contributed by atoms with van der Waals surface area (Å²) in [5.41, 5.74) is 2.94. The van der Waals surface area contributed by atoms with E-state index in [1.165, 1.54) is 10.9 Å². The molecular formula is C24H25F3N8O. The molecule has 0 atom stereocenters. The minimum atomic E-state index is -2.90. The molecule has 1 aromatic carbocycles. The van der Waals surface area contributed by atoms with Gasteiger partial charge in [-0.2, -0.15) is 8.78 Å². The Hall–Kier alpha value is -3.80. The summed E-state index contributed by atoms with van der Waals surface area (Å²) in [6, 6.07) is 9.80. The lowest BCUT2D eigenvalue weighted by molar-refractivity contribution is 0.116. The van der Waals surface area contributed by atoms with Crippen LogP contribution in [-0.2, 0) is 6.54 Å². The third-order valence-corrected chi connectivity index (χ3v) is 6.19. The number of anilines is 1. The molecule has 5 rings (SSSR count). The van der Waals surface area contributed by atoms with Crippen molar-refractivity contribution in [3.63, 3.8) is 0 Å². The maximum Gasteiger partial charge on any atom is 0.314 e. The van der Waals surface area contributed by atoms with Crippen LogP contribution in [0.5, 0.6) is 0 Å². The van der Waals surface area contributed by atoms with Crippen LogP contribution in [-0.4, -0.2) is 67.3 Å². The molecule has 0 spiro atoms. The molecule has 1 fully saturated rings. The first kappa shape index (κ1) is 23.9. The molecule has 9 nitrogen and oxygen atoms in total. The summed E-state index contributed by atoms with van der Waals surface area (Å²) in [4.78, 5) is 8.92. The first-order valence-corrected chi connectivity index (χ1v) is 11.6. The fraction of sp³-hybridized carbons (Fsp3) is 0.375. The Kier molecular flexibility index (Phi) is 6.68. The highest BCUT2D eigenvalue weighted by atomic mass is 19.3. The van der Waals surface area contributed by atoms with Crippen molar-refractivity contribution in [2.45, 2.75) is 32.9 Å². The van der Waals surface area contributed by atoms with E-state index in [1.54, 1.807) is 6.20 Å². The lowest BCUT2D eigenvalue weighted by Crippen LogP contribution is -2.48. The second-order valence-electron chi connectivity index (χ2n) is 8.87. The molecule has 4 aromatic rings. The molecule has 0 N–H and O–H groups in total. The van der Waals surface area contributed by atoms with Crippen LogP contribution in [0.3, 0.4) is 0 Å². The summed E-state index contributed by atoms with van der Waals surface area (Å²) in [5, 5.41) is 15.1. The smallest absolute Gasteiger partial charge is 0.314 e. The molecule has 0 aliphatic carbocycles. The van der Waals surface area contributed by atoms with Gasteiger partial charge in [0.1, 0.15) is 11.5 Å². The molecule has 4 heterocycles. The van der Waals surface area contributed by atoms with Crippen molar-refractivity contribution >= 4 is 5.69 Å². The van der Waals surface area contributed by atoms with Gasteiger partial charge in [0.15, 0.2) is 0 Å². The van der Waals surface area contributed by atoms with E-state index in [0.717, 1.165) is 43.5 Å². The van der Waals surface area contributed by atoms with Gasteiger partial charge >= 0.3 is 6.43 Å². The molecule has 0 amide bonds. The van der Waals surface area contributed by atoms with Crippen molar-refractivity contribution in [2.75, 3.05) is 31.1 Å². The summed E-state index contributed by atoms with van der Waals surface area (Å²) < 4.78 is 46.3. The van der Waals surface area contributed by atoms with Gasteiger partial charge in [-0.3, -0.25) is 9.88 Å². The molecule has 0 radical (unpaired) electrons. The lowest BCUT2D eigenvalue weighted by atomic mass is 10.1. The molecule has 3 aromatic heterocycles. The molecule has 1 aliphatic rings. The standard InChI is InChI=1S/C24H25F3N8O/c1-15(2)33-6-8-34(9-7-33)18-5-3-4-16(10-18)20-13-35(32-29-20)14-21-19(25)11-17(12-28-21)23-30-31-24(36-23)22(26)27/h3-5,10-13,15,22H,6-9,14H2,1-2H3. The number of benzene rings is 1. The Balaban J connectivity index is 1.28. The zero-order chi connectivity index (χ0) is 25.2. The second-order valence-corrected chi connectivity index (χ2v) is 8.87. The predicted molar refractivity (Wildman–Crippen MR) is 126 cm³/mol. The third-order valence-electron chi connectivity index (χ3n) is 6.19. The van der Waals surface area contributed by atoms with Gasteiger partial charge < -0.3 is 9.32 Å². The van der Waals surface area contributed by atoms with E-state index >= 15 is 0 Å². The summed E-state index contributed by atoms with van der Waals surface area (Å²) in [6.07, 6.45) is 0.125. The molecular weight excluding hydrogens is 473 g/mol. The van der Waals surface area contributed by atoms with Crippen molar-refractivity contribution < 1.29 is 17.6 Å². The van der Waals surface area contributed by atoms with Crippen LogP contribution in [0.4, 0.5) is 18.9 Å². The lowest BCUT2D eigenvalue weighted by Gasteiger charge is -2.38. The van der Waals surface area contributed by atoms with Crippen LogP contribution in [0.25, 0.3) is 22.7 Å². The normalized spacial score (nSPS) is 14.8. The van der Waals surface area contributed by atoms with Gasteiger partial charge in [-0.1, -0.05) is 17.3 Å². The van der Waals surface area contributed by atoms with E-state index in [9.17, 15) is 13.2 Å². The molecule has 0 unspecified atom stereocenters. The van der Waals surface area contributed by atoms with E-state index in [0.29, 0.717) is 11.7 Å². The summed E-state index contributed by atoms with van der Waals surface area (Å²) in [6.45, 7) is 8.44. The van der Waals surface area contributed by atoms with Crippen LogP contribution in [0, 0.1) is 5.82 Å². The van der Waals surface area contributed by atoms with Crippen LogP contribution in [0.2, 0.25) is 0 Å². The monoisotopic (exact) mass is 498 g/mol. The fourth-order valence-electron chi connectivity index (χ4n) is 4.16. The van der Waals surface area contributed by atoms with Crippen molar-refractivity contribution in [3.05, 3.63) is 60.1 Å². The quantitative estimate of drug-likeness (QED) is 0.377. The minimum Gasteiger partial charge on any atom is -0.415 e. The highest BCUT2D eigenvalue weighted by molar-refractivity contribution is 5.65. The van der Waals surface area contributed by atoms with Gasteiger partial charge in [-0.05, 0) is 32.0 Å². The zero-order valence-electron chi connectivity index (χ0n) is 19.9. The van der Waals surface area contributed by atoms with Gasteiger partial charge in [0.2, 0.25) is 5.89 Å². The van der Waals surface area contributed by atoms with Crippen LogP contribution >= 0.6 is 0 Å². The number of hydrogen-bond donors (Lipinski definition) is 0. The van der Waals surface area contributed by atoms with Gasteiger partial charge in [0.25, 0.3) is 5.89 Å². The maximum absolute atomic E-state index is 14.7. The number of alkyl halides is 2. The average Bonchev–Trinajstić information content (AvgIpc) is 3.56. The Morgan fingerprint density at radius 3 is 2.50 bits per heavy atom. The predicted octanol–water partition coefficient (Wildman–Crippen LogP) is 4.05. The molecule has 36 heavy (non-hydrogen) atoms. The van der Waals surface area contributed by atoms with E-state index < -0.39 is 18.1 Å². The highest BCUT2D eigenvalue weighted by Gasteiger charge is 2.20.